The third-order valence-corrected chi connectivity index (χ3v) is 15.1. The number of likely N-dealkylation sites (N-methyl/N-ethyl adjacent to an activating group) is 1. The van der Waals surface area contributed by atoms with Crippen LogP contribution in [0.5, 0.6) is 11.5 Å². The number of Topliss-reactive ketones (excluding diaryl/α,β-unsaturated/α-hetero) is 2. The number of rotatable bonds is 10. The molecule has 1 aromatic carbocycles. The third kappa shape index (κ3) is 12.3. The third-order valence-electron chi connectivity index (χ3n) is 14.6. The summed E-state index contributed by atoms with van der Waals surface area (Å²) in [4.78, 5) is 104. The highest BCUT2D eigenvalue weighted by Crippen LogP contribution is 2.53. The number of fused-ring (bicyclic) bond motifs is 3. The molecule has 23 heteroatoms. The van der Waals surface area contributed by atoms with E-state index in [0.717, 1.165) is 11.4 Å². The second-order valence-electron chi connectivity index (χ2n) is 20.7. The molecule has 0 radical (unpaired) electrons. The van der Waals surface area contributed by atoms with Crippen molar-refractivity contribution in [1.29, 1.82) is 0 Å². The molecule has 22 nitrogen and oxygen atoms in total. The molecule has 1 aliphatic carbocycles. The van der Waals surface area contributed by atoms with Gasteiger partial charge in [-0.05, 0) is 38.7 Å². The molecule has 0 saturated carbocycles. The number of amides is 2. The van der Waals surface area contributed by atoms with Gasteiger partial charge < -0.3 is 64.1 Å². The number of nitrogens with one attached hydrogen (secondary N) is 3. The van der Waals surface area contributed by atoms with Crippen molar-refractivity contribution >= 4 is 43.1 Å². The first kappa shape index (κ1) is 57.8. The number of nitrogens with zero attached hydrogens (tertiary/aromatic N) is 2. The number of allylic oxidation sites excluding steroid dienone is 3. The van der Waals surface area contributed by atoms with Gasteiger partial charge in [0, 0.05) is 88.0 Å². The van der Waals surface area contributed by atoms with Crippen molar-refractivity contribution < 1.29 is 81.5 Å². The van der Waals surface area contributed by atoms with E-state index in [2.05, 4.69) is 39.2 Å². The van der Waals surface area contributed by atoms with Gasteiger partial charge in [0.05, 0.1) is 47.0 Å². The number of carbonyl (C=O) groups is 6. The van der Waals surface area contributed by atoms with Gasteiger partial charge >= 0.3 is 25.5 Å². The number of methoxy groups -OCH3 is 1. The predicted octanol–water partition coefficient (Wildman–Crippen LogP) is 3.58. The number of likely N-dealkylation sites (tertiary alicyclic amines) is 1. The van der Waals surface area contributed by atoms with E-state index >= 15 is 0 Å². The fraction of sp³-hybridized carbons (Fsp3) is 0.608. The Morgan fingerprint density at radius 3 is 2.24 bits per heavy atom. The fourth-order valence-electron chi connectivity index (χ4n) is 10.5. The van der Waals surface area contributed by atoms with E-state index in [0.29, 0.717) is 37.5 Å². The number of phosphoric acid groups is 1. The Morgan fingerprint density at radius 1 is 0.986 bits per heavy atom. The Morgan fingerprint density at radius 2 is 1.64 bits per heavy atom. The van der Waals surface area contributed by atoms with Crippen LogP contribution in [-0.4, -0.2) is 148 Å². The molecule has 408 valence electrons. The van der Waals surface area contributed by atoms with Crippen molar-refractivity contribution in [2.75, 3.05) is 46.9 Å². The average Bonchev–Trinajstić information content (AvgIpc) is 3.83. The summed E-state index contributed by atoms with van der Waals surface area (Å²) in [5.41, 5.74) is -0.353. The van der Waals surface area contributed by atoms with Gasteiger partial charge in [-0.3, -0.25) is 38.6 Å². The molecule has 0 aromatic heterocycles. The lowest BCUT2D eigenvalue weighted by Gasteiger charge is -2.40. The summed E-state index contributed by atoms with van der Waals surface area (Å²) in [6.45, 7) is 17.2. The molecule has 4 heterocycles. The number of phenols is 1. The summed E-state index contributed by atoms with van der Waals surface area (Å²) in [5, 5.41) is 34.1. The number of ketones is 2. The number of aliphatic hydroxyl groups is 1. The lowest BCUT2D eigenvalue weighted by Crippen LogP contribution is -2.56. The van der Waals surface area contributed by atoms with Crippen molar-refractivity contribution in [3.05, 3.63) is 69.8 Å². The summed E-state index contributed by atoms with van der Waals surface area (Å²) in [6.07, 6.45) is 4.04. The largest absolute Gasteiger partial charge is 0.507 e. The molecule has 7 N–H and O–H groups in total. The standard InChI is InChI=1S/C51H72N5O17P/c1-25(2)22-56-19-17-51(18-20-56)53-39-36-37-43(61)31(8)47-38(36)48(63)50(10,73-47)69-21-16-33(68-12)28(5)46(71-32(9)57)30(7)42(60)29(6)45(72-35(59)23-55(11)34(58)24-70-74(65,66)67)26(3)14-13-15-27(4)49(64)52-41(44(37)62)40(39)54-51/h13-16,21,25-26,28-30,33,39,42,45-46,53-54,60-61H,17-20,22-24H2,1-12H3,(H,52,64)(H2,65,66,67)/b14-13+,21-16+,27-15-/t26-,28+,29-,30+,33-,39?,42+,45-,46+,50-/m0/s1. The van der Waals surface area contributed by atoms with Crippen molar-refractivity contribution in [3.8, 4) is 11.5 Å². The van der Waals surface area contributed by atoms with Gasteiger partial charge in [-0.1, -0.05) is 59.8 Å². The monoisotopic (exact) mass is 1060 g/mol. The molecule has 2 fully saturated rings. The number of ether oxygens (including phenoxy) is 5. The maximum atomic E-state index is 14.9. The van der Waals surface area contributed by atoms with Crippen LogP contribution in [-0.2, 0) is 47.2 Å². The van der Waals surface area contributed by atoms with Gasteiger partial charge in [-0.15, -0.1) is 0 Å². The van der Waals surface area contributed by atoms with Crippen molar-refractivity contribution in [2.24, 2.45) is 29.6 Å². The number of aromatic hydroxyl groups is 1. The summed E-state index contributed by atoms with van der Waals surface area (Å²) < 4.78 is 45.6. The lowest BCUT2D eigenvalue weighted by molar-refractivity contribution is -0.166. The van der Waals surface area contributed by atoms with Gasteiger partial charge in [0.2, 0.25) is 11.7 Å². The maximum absolute atomic E-state index is 14.9. The number of carbonyl (C=O) groups excluding carboxylic acids is 6. The Bertz CT molecular complexity index is 2560. The molecule has 5 aliphatic rings. The van der Waals surface area contributed by atoms with Gasteiger partial charge in [0.15, 0.2) is 0 Å². The van der Waals surface area contributed by atoms with Gasteiger partial charge in [0.1, 0.15) is 42.6 Å². The number of piperidine rings is 1. The van der Waals surface area contributed by atoms with Crippen molar-refractivity contribution in [1.82, 2.24) is 25.8 Å². The minimum Gasteiger partial charge on any atom is -0.507 e. The second-order valence-corrected chi connectivity index (χ2v) is 22.0. The first-order valence-corrected chi connectivity index (χ1v) is 26.3. The Labute approximate surface area is 431 Å². The summed E-state index contributed by atoms with van der Waals surface area (Å²) in [5.74, 6) is -9.89. The summed E-state index contributed by atoms with van der Waals surface area (Å²) in [6, 6.07) is -0.905. The zero-order valence-electron chi connectivity index (χ0n) is 44.0. The highest BCUT2D eigenvalue weighted by Gasteiger charge is 2.56. The first-order chi connectivity index (χ1) is 34.5. The number of hydrogen-bond donors (Lipinski definition) is 7. The SMILES string of the molecule is CO[C@H]1/C=C/O[C@@]2(C)Oc3c(C)c(O)c4c(c3C2=O)C2NC3(CCN(CC(C)C)CC3)NC2=C(NC(=O)/C(C)=C\C=C\[C@H](C)[C@H](OC(=O)CN(C)C(=O)COP(=O)(O)O)[C@@H](C)[C@@H](O)[C@@H](C)[C@H](OC(C)=O)[C@@H]1C)C4=O. The van der Waals surface area contributed by atoms with Crippen LogP contribution in [0.2, 0.25) is 0 Å². The number of hydrogen-bond acceptors (Lipinski definition) is 18. The fourth-order valence-corrected chi connectivity index (χ4v) is 10.8. The molecule has 10 atom stereocenters. The molecule has 2 amide bonds. The van der Waals surface area contributed by atoms with Crippen LogP contribution >= 0.6 is 7.82 Å². The van der Waals surface area contributed by atoms with Crippen LogP contribution in [0, 0.1) is 36.5 Å². The summed E-state index contributed by atoms with van der Waals surface area (Å²) in [7, 11) is -2.39. The van der Waals surface area contributed by atoms with Crippen molar-refractivity contribution in [3.63, 3.8) is 0 Å². The Balaban J connectivity index is 1.44. The lowest BCUT2D eigenvalue weighted by atomic mass is 9.78. The number of benzene rings is 1. The van der Waals surface area contributed by atoms with E-state index in [1.54, 1.807) is 33.8 Å². The molecular weight excluding hydrogens is 986 g/mol. The highest BCUT2D eigenvalue weighted by atomic mass is 31.2. The number of phenolic OH excluding ortho intramolecular Hbond substituents is 1. The summed E-state index contributed by atoms with van der Waals surface area (Å²) >= 11 is 0. The highest BCUT2D eigenvalue weighted by molar-refractivity contribution is 7.46. The molecule has 74 heavy (non-hydrogen) atoms. The Kier molecular flexibility index (Phi) is 17.8. The maximum Gasteiger partial charge on any atom is 0.470 e. The molecule has 1 spiro atoms. The van der Waals surface area contributed by atoms with Gasteiger partial charge in [-0.25, -0.2) is 4.57 Å². The van der Waals surface area contributed by atoms with E-state index in [1.807, 2.05) is 0 Å². The quantitative estimate of drug-likeness (QED) is 0.130. The number of phosphoric ester groups is 1. The van der Waals surface area contributed by atoms with Crippen LogP contribution in [0.3, 0.4) is 0 Å². The predicted molar refractivity (Wildman–Crippen MR) is 266 cm³/mol. The second kappa shape index (κ2) is 22.8. The van der Waals surface area contributed by atoms with Crippen LogP contribution in [0.1, 0.15) is 113 Å². The minimum atomic E-state index is -5.00. The molecule has 2 saturated heterocycles. The van der Waals surface area contributed by atoms with E-state index < -0.39 is 128 Å². The molecule has 6 rings (SSSR count). The van der Waals surface area contributed by atoms with Crippen LogP contribution in [0.15, 0.2) is 47.5 Å². The Hall–Kier alpha value is -5.45. The minimum absolute atomic E-state index is 0.0161. The average molecular weight is 1060 g/mol. The van der Waals surface area contributed by atoms with Gasteiger partial charge in [-0.2, -0.15) is 0 Å². The van der Waals surface area contributed by atoms with Crippen molar-refractivity contribution in [2.45, 2.75) is 124 Å². The van der Waals surface area contributed by atoms with E-state index in [-0.39, 0.29) is 39.3 Å². The molecular formula is C51H72N5O17P. The molecule has 4 aliphatic heterocycles. The molecule has 1 unspecified atom stereocenters. The topological polar surface area (TPSA) is 298 Å². The zero-order chi connectivity index (χ0) is 54.9. The number of aliphatic hydroxyl groups excluding tert-OH is 1. The normalized spacial score (nSPS) is 31.1. The van der Waals surface area contributed by atoms with Crippen LogP contribution in [0.25, 0.3) is 0 Å². The van der Waals surface area contributed by atoms with Gasteiger partial charge in [0.25, 0.3) is 11.7 Å². The van der Waals surface area contributed by atoms with E-state index in [9.17, 15) is 43.5 Å². The number of esters is 2. The van der Waals surface area contributed by atoms with Crippen LogP contribution in [0.4, 0.5) is 0 Å². The first-order valence-electron chi connectivity index (χ1n) is 24.8. The van der Waals surface area contributed by atoms with Crippen LogP contribution < -0.4 is 20.7 Å². The smallest absolute Gasteiger partial charge is 0.470 e. The zero-order valence-corrected chi connectivity index (χ0v) is 44.9. The van der Waals surface area contributed by atoms with E-state index in [4.69, 9.17) is 33.5 Å². The molecule has 5 bridgehead atoms. The van der Waals surface area contributed by atoms with E-state index in [1.165, 1.54) is 66.3 Å². The molecule has 1 aromatic rings.